The van der Waals surface area contributed by atoms with Gasteiger partial charge in [0.15, 0.2) is 0 Å². The standard InChI is InChI=1S/C14H19FN2O/c1-10(11-4-3-5-12(15)8-11)17-13(18)14(2)6-7-16-9-14/h3-5,8,10,16H,6-7,9H2,1-2H3,(H,17,18). The Morgan fingerprint density at radius 1 is 1.56 bits per heavy atom. The molecule has 0 spiro atoms. The van der Waals surface area contributed by atoms with Gasteiger partial charge in [-0.1, -0.05) is 12.1 Å². The van der Waals surface area contributed by atoms with Gasteiger partial charge in [0.2, 0.25) is 5.91 Å². The number of hydrogen-bond acceptors (Lipinski definition) is 2. The fourth-order valence-electron chi connectivity index (χ4n) is 2.24. The molecule has 18 heavy (non-hydrogen) atoms. The van der Waals surface area contributed by atoms with Crippen molar-refractivity contribution in [3.63, 3.8) is 0 Å². The van der Waals surface area contributed by atoms with Crippen LogP contribution >= 0.6 is 0 Å². The van der Waals surface area contributed by atoms with E-state index in [2.05, 4.69) is 10.6 Å². The Hall–Kier alpha value is -1.42. The number of benzene rings is 1. The van der Waals surface area contributed by atoms with Gasteiger partial charge in [0.05, 0.1) is 11.5 Å². The zero-order valence-electron chi connectivity index (χ0n) is 10.8. The predicted molar refractivity (Wildman–Crippen MR) is 68.6 cm³/mol. The van der Waals surface area contributed by atoms with Gasteiger partial charge < -0.3 is 10.6 Å². The van der Waals surface area contributed by atoms with Gasteiger partial charge in [-0.2, -0.15) is 0 Å². The molecule has 2 unspecified atom stereocenters. The summed E-state index contributed by atoms with van der Waals surface area (Å²) in [6.45, 7) is 5.41. The smallest absolute Gasteiger partial charge is 0.227 e. The molecule has 1 aliphatic heterocycles. The van der Waals surface area contributed by atoms with Crippen molar-refractivity contribution in [3.05, 3.63) is 35.6 Å². The summed E-state index contributed by atoms with van der Waals surface area (Å²) in [6, 6.07) is 6.17. The summed E-state index contributed by atoms with van der Waals surface area (Å²) in [5.41, 5.74) is 0.444. The third-order valence-electron chi connectivity index (χ3n) is 3.61. The monoisotopic (exact) mass is 250 g/mol. The highest BCUT2D eigenvalue weighted by atomic mass is 19.1. The maximum absolute atomic E-state index is 13.1. The Balaban J connectivity index is 2.03. The van der Waals surface area contributed by atoms with Crippen LogP contribution in [0.1, 0.15) is 31.9 Å². The maximum Gasteiger partial charge on any atom is 0.227 e. The quantitative estimate of drug-likeness (QED) is 0.861. The molecule has 0 radical (unpaired) electrons. The number of hydrogen-bond donors (Lipinski definition) is 2. The van der Waals surface area contributed by atoms with Crippen LogP contribution in [0.4, 0.5) is 4.39 Å². The third kappa shape index (κ3) is 2.70. The van der Waals surface area contributed by atoms with Crippen LogP contribution in [0.3, 0.4) is 0 Å². The molecular weight excluding hydrogens is 231 g/mol. The lowest BCUT2D eigenvalue weighted by molar-refractivity contribution is -0.129. The minimum atomic E-state index is -0.346. The van der Waals surface area contributed by atoms with E-state index in [1.165, 1.54) is 12.1 Å². The number of carbonyl (C=O) groups is 1. The van der Waals surface area contributed by atoms with Crippen LogP contribution < -0.4 is 10.6 Å². The van der Waals surface area contributed by atoms with E-state index in [9.17, 15) is 9.18 Å². The zero-order valence-corrected chi connectivity index (χ0v) is 10.8. The summed E-state index contributed by atoms with van der Waals surface area (Å²) >= 11 is 0. The molecule has 4 heteroatoms. The SMILES string of the molecule is CC(NC(=O)C1(C)CCNC1)c1cccc(F)c1. The average Bonchev–Trinajstić information content (AvgIpc) is 2.77. The summed E-state index contributed by atoms with van der Waals surface area (Å²) in [5.74, 6) is -0.244. The van der Waals surface area contributed by atoms with Gasteiger partial charge in [0, 0.05) is 6.54 Å². The zero-order chi connectivity index (χ0) is 13.2. The molecule has 1 aromatic rings. The van der Waals surface area contributed by atoms with Crippen molar-refractivity contribution in [2.75, 3.05) is 13.1 Å². The Bertz CT molecular complexity index is 441. The molecule has 0 aromatic heterocycles. The van der Waals surface area contributed by atoms with Crippen LogP contribution in [0.5, 0.6) is 0 Å². The van der Waals surface area contributed by atoms with Crippen LogP contribution in [-0.4, -0.2) is 19.0 Å². The molecule has 1 amide bonds. The first-order chi connectivity index (χ1) is 8.51. The van der Waals surface area contributed by atoms with Crippen molar-refractivity contribution in [3.8, 4) is 0 Å². The second kappa shape index (κ2) is 5.06. The summed E-state index contributed by atoms with van der Waals surface area (Å²) in [5, 5.41) is 6.16. The highest BCUT2D eigenvalue weighted by molar-refractivity contribution is 5.83. The molecule has 1 aliphatic rings. The lowest BCUT2D eigenvalue weighted by Crippen LogP contribution is -2.41. The molecule has 1 fully saturated rings. The van der Waals surface area contributed by atoms with Crippen molar-refractivity contribution in [1.29, 1.82) is 0 Å². The fourth-order valence-corrected chi connectivity index (χ4v) is 2.24. The van der Waals surface area contributed by atoms with Crippen molar-refractivity contribution < 1.29 is 9.18 Å². The van der Waals surface area contributed by atoms with E-state index >= 15 is 0 Å². The Morgan fingerprint density at radius 2 is 2.33 bits per heavy atom. The lowest BCUT2D eigenvalue weighted by Gasteiger charge is -2.24. The van der Waals surface area contributed by atoms with Crippen LogP contribution in [0.15, 0.2) is 24.3 Å². The molecular formula is C14H19FN2O. The normalized spacial score (nSPS) is 24.8. The van der Waals surface area contributed by atoms with Gasteiger partial charge in [-0.05, 0) is 44.5 Å². The highest BCUT2D eigenvalue weighted by Crippen LogP contribution is 2.26. The van der Waals surface area contributed by atoms with Crippen molar-refractivity contribution in [2.45, 2.75) is 26.3 Å². The van der Waals surface area contributed by atoms with E-state index in [4.69, 9.17) is 0 Å². The van der Waals surface area contributed by atoms with E-state index in [0.717, 1.165) is 18.5 Å². The van der Waals surface area contributed by atoms with E-state index in [-0.39, 0.29) is 23.2 Å². The minimum absolute atomic E-state index is 0.0317. The summed E-state index contributed by atoms with van der Waals surface area (Å²) in [6.07, 6.45) is 0.842. The molecule has 2 atom stereocenters. The molecule has 98 valence electrons. The Labute approximate surface area is 107 Å². The van der Waals surface area contributed by atoms with Gasteiger partial charge in [0.1, 0.15) is 5.82 Å². The van der Waals surface area contributed by atoms with Crippen LogP contribution in [0.25, 0.3) is 0 Å². The average molecular weight is 250 g/mol. The molecule has 2 rings (SSSR count). The number of rotatable bonds is 3. The largest absolute Gasteiger partial charge is 0.349 e. The van der Waals surface area contributed by atoms with E-state index in [1.807, 2.05) is 19.9 Å². The molecule has 2 N–H and O–H groups in total. The van der Waals surface area contributed by atoms with Crippen molar-refractivity contribution >= 4 is 5.91 Å². The third-order valence-corrected chi connectivity index (χ3v) is 3.61. The second-order valence-corrected chi connectivity index (χ2v) is 5.24. The number of carbonyl (C=O) groups excluding carboxylic acids is 1. The first-order valence-electron chi connectivity index (χ1n) is 6.28. The first kappa shape index (κ1) is 13.0. The van der Waals surface area contributed by atoms with Gasteiger partial charge in [0.25, 0.3) is 0 Å². The number of nitrogens with one attached hydrogen (secondary N) is 2. The summed E-state index contributed by atoms with van der Waals surface area (Å²) in [4.78, 5) is 12.2. The van der Waals surface area contributed by atoms with Crippen molar-refractivity contribution in [1.82, 2.24) is 10.6 Å². The van der Waals surface area contributed by atoms with Crippen LogP contribution in [0.2, 0.25) is 0 Å². The fraction of sp³-hybridized carbons (Fsp3) is 0.500. The molecule has 1 heterocycles. The summed E-state index contributed by atoms with van der Waals surface area (Å²) in [7, 11) is 0. The predicted octanol–water partition coefficient (Wildman–Crippen LogP) is 2.00. The van der Waals surface area contributed by atoms with E-state index in [0.29, 0.717) is 6.54 Å². The van der Waals surface area contributed by atoms with Gasteiger partial charge >= 0.3 is 0 Å². The molecule has 1 aromatic carbocycles. The van der Waals surface area contributed by atoms with Crippen LogP contribution in [0, 0.1) is 11.2 Å². The summed E-state index contributed by atoms with van der Waals surface area (Å²) < 4.78 is 13.1. The van der Waals surface area contributed by atoms with E-state index in [1.54, 1.807) is 6.07 Å². The maximum atomic E-state index is 13.1. The molecule has 1 saturated heterocycles. The highest BCUT2D eigenvalue weighted by Gasteiger charge is 2.36. The number of halogens is 1. The van der Waals surface area contributed by atoms with Gasteiger partial charge in [-0.3, -0.25) is 4.79 Å². The Morgan fingerprint density at radius 3 is 2.94 bits per heavy atom. The molecule has 3 nitrogen and oxygen atoms in total. The van der Waals surface area contributed by atoms with Crippen molar-refractivity contribution in [2.24, 2.45) is 5.41 Å². The first-order valence-corrected chi connectivity index (χ1v) is 6.28. The molecule has 0 saturated carbocycles. The molecule has 0 bridgehead atoms. The second-order valence-electron chi connectivity index (χ2n) is 5.24. The minimum Gasteiger partial charge on any atom is -0.349 e. The Kier molecular flexibility index (Phi) is 3.66. The topological polar surface area (TPSA) is 41.1 Å². The molecule has 0 aliphatic carbocycles. The van der Waals surface area contributed by atoms with E-state index < -0.39 is 0 Å². The number of amides is 1. The van der Waals surface area contributed by atoms with Crippen LogP contribution in [-0.2, 0) is 4.79 Å². The lowest BCUT2D eigenvalue weighted by atomic mass is 9.88. The van der Waals surface area contributed by atoms with Gasteiger partial charge in [-0.15, -0.1) is 0 Å². The van der Waals surface area contributed by atoms with Gasteiger partial charge in [-0.25, -0.2) is 4.39 Å².